The summed E-state index contributed by atoms with van der Waals surface area (Å²) in [7, 11) is 0. The van der Waals surface area contributed by atoms with Gasteiger partial charge in [0.2, 0.25) is 0 Å². The highest BCUT2D eigenvalue weighted by atomic mass is 79.9. The number of aliphatic hydroxyl groups excluding tert-OH is 1. The maximum atomic E-state index is 15.1. The van der Waals surface area contributed by atoms with Gasteiger partial charge in [0.15, 0.2) is 5.65 Å². The second-order valence-corrected chi connectivity index (χ2v) is 9.95. The largest absolute Gasteiger partial charge is 0.392 e. The Labute approximate surface area is 202 Å². The number of rotatable bonds is 3. The minimum absolute atomic E-state index is 0.0379. The number of pyridine rings is 1. The van der Waals surface area contributed by atoms with Gasteiger partial charge in [-0.1, -0.05) is 32.9 Å². The van der Waals surface area contributed by atoms with Gasteiger partial charge < -0.3 is 5.11 Å². The van der Waals surface area contributed by atoms with Gasteiger partial charge >= 0.3 is 0 Å². The van der Waals surface area contributed by atoms with Gasteiger partial charge in [-0.25, -0.2) is 13.9 Å². The van der Waals surface area contributed by atoms with E-state index in [1.807, 2.05) is 32.9 Å². The molecule has 0 fully saturated rings. The number of benzene rings is 2. The van der Waals surface area contributed by atoms with E-state index in [-0.39, 0.29) is 17.4 Å². The minimum Gasteiger partial charge on any atom is -0.392 e. The average molecular weight is 522 g/mol. The van der Waals surface area contributed by atoms with E-state index in [0.29, 0.717) is 27.8 Å². The second-order valence-electron chi connectivity index (χ2n) is 9.10. The molecule has 2 aromatic carbocycles. The maximum Gasteiger partial charge on any atom is 0.282 e. The molecular weight excluding hydrogens is 501 g/mol. The van der Waals surface area contributed by atoms with Gasteiger partial charge in [0.05, 0.1) is 28.4 Å². The molecule has 3 aromatic heterocycles. The van der Waals surface area contributed by atoms with Gasteiger partial charge in [0, 0.05) is 22.7 Å². The van der Waals surface area contributed by atoms with Crippen LogP contribution in [-0.2, 0) is 12.0 Å². The van der Waals surface area contributed by atoms with Crippen LogP contribution in [0.2, 0.25) is 0 Å². The van der Waals surface area contributed by atoms with Crippen molar-refractivity contribution in [2.24, 2.45) is 0 Å². The molecule has 9 heteroatoms. The molecule has 34 heavy (non-hydrogen) atoms. The van der Waals surface area contributed by atoms with Crippen molar-refractivity contribution in [3.63, 3.8) is 0 Å². The summed E-state index contributed by atoms with van der Waals surface area (Å²) in [6.45, 7) is 5.60. The number of hydrogen-bond donors (Lipinski definition) is 1. The molecule has 0 atom stereocenters. The zero-order valence-electron chi connectivity index (χ0n) is 18.8. The Hall–Kier alpha value is -3.43. The lowest BCUT2D eigenvalue weighted by Crippen LogP contribution is -2.24. The minimum atomic E-state index is -0.592. The third kappa shape index (κ3) is 3.61. The lowest BCUT2D eigenvalue weighted by molar-refractivity contribution is 0.282. The van der Waals surface area contributed by atoms with Crippen LogP contribution >= 0.6 is 15.9 Å². The molecule has 0 amide bonds. The van der Waals surface area contributed by atoms with E-state index >= 15 is 4.39 Å². The average Bonchev–Trinajstić information content (AvgIpc) is 3.27. The van der Waals surface area contributed by atoms with Crippen molar-refractivity contribution in [2.45, 2.75) is 32.8 Å². The fourth-order valence-electron chi connectivity index (χ4n) is 4.08. The Morgan fingerprint density at radius 3 is 2.68 bits per heavy atom. The summed E-state index contributed by atoms with van der Waals surface area (Å²) in [5.41, 5.74) is 2.88. The van der Waals surface area contributed by atoms with Crippen molar-refractivity contribution in [3.8, 4) is 16.8 Å². The van der Waals surface area contributed by atoms with Gasteiger partial charge in [-0.2, -0.15) is 14.9 Å². The summed E-state index contributed by atoms with van der Waals surface area (Å²) in [5, 5.41) is 19.2. The van der Waals surface area contributed by atoms with Gasteiger partial charge in [0.25, 0.3) is 5.56 Å². The van der Waals surface area contributed by atoms with Crippen LogP contribution in [0.4, 0.5) is 4.39 Å². The molecule has 3 heterocycles. The molecule has 0 aliphatic heterocycles. The number of nitrogens with zero attached hydrogens (tertiary/aromatic N) is 5. The van der Waals surface area contributed by atoms with Crippen molar-refractivity contribution < 1.29 is 9.50 Å². The molecule has 0 saturated carbocycles. The maximum absolute atomic E-state index is 15.1. The molecule has 0 aliphatic carbocycles. The van der Waals surface area contributed by atoms with Crippen LogP contribution in [0.3, 0.4) is 0 Å². The first-order valence-corrected chi connectivity index (χ1v) is 11.4. The molecular formula is C25H21BrFN5O2. The fraction of sp³-hybridized carbons (Fsp3) is 0.200. The van der Waals surface area contributed by atoms with Crippen LogP contribution < -0.4 is 5.56 Å². The summed E-state index contributed by atoms with van der Waals surface area (Å²) in [6, 6.07) is 10.3. The molecule has 1 N–H and O–H groups in total. The van der Waals surface area contributed by atoms with E-state index < -0.39 is 11.4 Å². The smallest absolute Gasteiger partial charge is 0.282 e. The van der Waals surface area contributed by atoms with Crippen LogP contribution in [-0.4, -0.2) is 29.5 Å². The Kier molecular flexibility index (Phi) is 5.33. The third-order valence-corrected chi connectivity index (χ3v) is 6.47. The first-order chi connectivity index (χ1) is 16.2. The lowest BCUT2D eigenvalue weighted by Gasteiger charge is -2.20. The zero-order chi connectivity index (χ0) is 24.2. The van der Waals surface area contributed by atoms with Crippen LogP contribution in [0.1, 0.15) is 31.9 Å². The number of fused-ring (bicyclic) bond motifs is 2. The number of hydrogen-bond acceptors (Lipinski definition) is 5. The summed E-state index contributed by atoms with van der Waals surface area (Å²) >= 11 is 3.51. The summed E-state index contributed by atoms with van der Waals surface area (Å²) in [4.78, 5) is 17.6. The van der Waals surface area contributed by atoms with Gasteiger partial charge in [-0.15, -0.1) is 0 Å². The SMILES string of the molecule is CC(C)(C)c1cc(F)c2c(=O)n(-c3cccc(-c4cc(Br)c5ncnn5c4)c3CO)ncc2c1. The molecule has 172 valence electrons. The number of aromatic nitrogens is 5. The van der Waals surface area contributed by atoms with Crippen LogP contribution in [0.5, 0.6) is 0 Å². The van der Waals surface area contributed by atoms with Crippen molar-refractivity contribution >= 4 is 32.3 Å². The summed E-state index contributed by atoms with van der Waals surface area (Å²) in [6.07, 6.45) is 4.72. The monoisotopic (exact) mass is 521 g/mol. The summed E-state index contributed by atoms with van der Waals surface area (Å²) in [5.74, 6) is -0.592. The molecule has 0 spiro atoms. The zero-order valence-corrected chi connectivity index (χ0v) is 20.3. The van der Waals surface area contributed by atoms with Gasteiger partial charge in [0.1, 0.15) is 12.1 Å². The van der Waals surface area contributed by atoms with E-state index in [4.69, 9.17) is 0 Å². The molecule has 5 aromatic rings. The Morgan fingerprint density at radius 2 is 1.94 bits per heavy atom. The quantitative estimate of drug-likeness (QED) is 0.369. The summed E-state index contributed by atoms with van der Waals surface area (Å²) < 4.78 is 18.6. The van der Waals surface area contributed by atoms with E-state index in [1.165, 1.54) is 18.6 Å². The normalized spacial score (nSPS) is 12.1. The van der Waals surface area contributed by atoms with Crippen molar-refractivity contribution in [1.82, 2.24) is 24.4 Å². The number of halogens is 2. The fourth-order valence-corrected chi connectivity index (χ4v) is 4.61. The highest BCUT2D eigenvalue weighted by molar-refractivity contribution is 9.10. The topological polar surface area (TPSA) is 85.3 Å². The Bertz CT molecular complexity index is 1640. The van der Waals surface area contributed by atoms with E-state index in [1.54, 1.807) is 28.9 Å². The Morgan fingerprint density at radius 1 is 1.15 bits per heavy atom. The molecule has 0 bridgehead atoms. The standard InChI is InChI=1S/C25H21BrFN5O2/c1-25(2,3)16-7-14-10-29-32(24(34)22(14)20(27)9-16)21-6-4-5-17(18(21)12-33)15-8-19(26)23-28-13-30-31(23)11-15/h4-11,13,33H,12H2,1-3H3. The van der Waals surface area contributed by atoms with E-state index in [9.17, 15) is 9.90 Å². The second kappa shape index (κ2) is 8.11. The van der Waals surface area contributed by atoms with Gasteiger partial charge in [-0.05, 0) is 56.7 Å². The van der Waals surface area contributed by atoms with Gasteiger partial charge in [-0.3, -0.25) is 4.79 Å². The molecule has 0 aliphatic rings. The predicted octanol–water partition coefficient (Wildman–Crippen LogP) is 4.79. The lowest BCUT2D eigenvalue weighted by atomic mass is 9.86. The van der Waals surface area contributed by atoms with Crippen molar-refractivity contribution in [3.05, 3.63) is 86.9 Å². The molecule has 0 radical (unpaired) electrons. The number of aliphatic hydroxyl groups is 1. The van der Waals surface area contributed by atoms with Crippen molar-refractivity contribution in [1.29, 1.82) is 0 Å². The first-order valence-electron chi connectivity index (χ1n) is 10.6. The van der Waals surface area contributed by atoms with Crippen LogP contribution in [0, 0.1) is 5.82 Å². The molecule has 0 saturated heterocycles. The predicted molar refractivity (Wildman–Crippen MR) is 132 cm³/mol. The molecule has 0 unspecified atom stereocenters. The van der Waals surface area contributed by atoms with E-state index in [0.717, 1.165) is 20.3 Å². The molecule has 7 nitrogen and oxygen atoms in total. The van der Waals surface area contributed by atoms with E-state index in [2.05, 4.69) is 31.1 Å². The van der Waals surface area contributed by atoms with Crippen LogP contribution in [0.15, 0.2) is 64.4 Å². The van der Waals surface area contributed by atoms with Crippen molar-refractivity contribution in [2.75, 3.05) is 0 Å². The third-order valence-electron chi connectivity index (χ3n) is 5.88. The molecule has 5 rings (SSSR count). The van der Waals surface area contributed by atoms with Crippen LogP contribution in [0.25, 0.3) is 33.2 Å². The first kappa shape index (κ1) is 22.4. The Balaban J connectivity index is 1.73. The highest BCUT2D eigenvalue weighted by Gasteiger charge is 2.20. The highest BCUT2D eigenvalue weighted by Crippen LogP contribution is 2.32.